The summed E-state index contributed by atoms with van der Waals surface area (Å²) >= 11 is 0. The van der Waals surface area contributed by atoms with Crippen molar-refractivity contribution in [1.29, 1.82) is 0 Å². The molecule has 3 aliphatic carbocycles. The monoisotopic (exact) mass is 478 g/mol. The van der Waals surface area contributed by atoms with Gasteiger partial charge in [0.15, 0.2) is 6.29 Å². The SMILES string of the molecule is CC1=C2C=C3CC[C@@H]4C(C)(C)[C@H](O[C@@H]5O[C@H](CO)[C@H](O)[C@H](O)[C@H]5O)CC[C@@]4(C)[C@@H]3C[C@H]2OC1=O. The van der Waals surface area contributed by atoms with Gasteiger partial charge in [0.2, 0.25) is 0 Å². The molecule has 5 aliphatic rings. The summed E-state index contributed by atoms with van der Waals surface area (Å²) in [5.41, 5.74) is 3.00. The molecule has 0 aromatic heterocycles. The van der Waals surface area contributed by atoms with Gasteiger partial charge in [-0.3, -0.25) is 0 Å². The number of allylic oxidation sites excluding steroid dienone is 1. The number of carbonyl (C=O) groups is 1. The lowest BCUT2D eigenvalue weighted by atomic mass is 9.45. The molecule has 10 atom stereocenters. The van der Waals surface area contributed by atoms with E-state index in [1.165, 1.54) is 5.57 Å². The van der Waals surface area contributed by atoms with E-state index in [0.29, 0.717) is 11.8 Å². The first-order valence-corrected chi connectivity index (χ1v) is 12.6. The summed E-state index contributed by atoms with van der Waals surface area (Å²) in [7, 11) is 0. The molecular weight excluding hydrogens is 440 g/mol. The van der Waals surface area contributed by atoms with Gasteiger partial charge in [-0.1, -0.05) is 32.4 Å². The maximum atomic E-state index is 12.2. The van der Waals surface area contributed by atoms with E-state index in [9.17, 15) is 25.2 Å². The van der Waals surface area contributed by atoms with Gasteiger partial charge in [0.05, 0.1) is 12.7 Å². The van der Waals surface area contributed by atoms with Crippen LogP contribution < -0.4 is 0 Å². The van der Waals surface area contributed by atoms with Gasteiger partial charge < -0.3 is 34.6 Å². The fraction of sp³-hybridized carbons (Fsp3) is 0.808. The minimum Gasteiger partial charge on any atom is -0.454 e. The molecule has 2 aliphatic heterocycles. The summed E-state index contributed by atoms with van der Waals surface area (Å²) in [5, 5.41) is 40.3. The van der Waals surface area contributed by atoms with E-state index in [-0.39, 0.29) is 29.0 Å². The number of carbonyl (C=O) groups excluding carboxylic acids is 1. The second kappa shape index (κ2) is 8.39. The van der Waals surface area contributed by atoms with Crippen molar-refractivity contribution in [3.05, 3.63) is 22.8 Å². The summed E-state index contributed by atoms with van der Waals surface area (Å²) in [5.74, 6) is 0.481. The number of hydrogen-bond donors (Lipinski definition) is 4. The van der Waals surface area contributed by atoms with Crippen LogP contribution in [0.4, 0.5) is 0 Å². The molecule has 5 rings (SSSR count). The summed E-state index contributed by atoms with van der Waals surface area (Å²) < 4.78 is 17.6. The number of aliphatic hydroxyl groups excluding tert-OH is 4. The Hall–Kier alpha value is -1.29. The van der Waals surface area contributed by atoms with Crippen molar-refractivity contribution >= 4 is 5.97 Å². The van der Waals surface area contributed by atoms with Crippen LogP contribution in [0.15, 0.2) is 22.8 Å². The predicted molar refractivity (Wildman–Crippen MR) is 121 cm³/mol. The zero-order valence-electron chi connectivity index (χ0n) is 20.4. The fourth-order valence-electron chi connectivity index (χ4n) is 7.70. The first-order chi connectivity index (χ1) is 16.0. The van der Waals surface area contributed by atoms with Crippen molar-refractivity contribution in [2.75, 3.05) is 6.61 Å². The fourth-order valence-corrected chi connectivity index (χ4v) is 7.70. The third-order valence-electron chi connectivity index (χ3n) is 9.71. The van der Waals surface area contributed by atoms with E-state index >= 15 is 0 Å². The van der Waals surface area contributed by atoms with Gasteiger partial charge in [0.25, 0.3) is 0 Å². The standard InChI is InChI=1S/C26H38O8/c1-12-14-9-13-5-6-18-25(2,3)19(34-24-22(30)21(29)20(28)17(11-27)33-24)7-8-26(18,4)15(13)10-16(14)32-23(12)31/h9,15-22,24,27-30H,5-8,10-11H2,1-4H3/t15-,16-,17-,18-,19-,20+,21+,22-,24+,26+/m1/s1. The van der Waals surface area contributed by atoms with Crippen molar-refractivity contribution in [3.8, 4) is 0 Å². The molecule has 0 aromatic carbocycles. The lowest BCUT2D eigenvalue weighted by Crippen LogP contribution is -2.62. The van der Waals surface area contributed by atoms with Crippen LogP contribution in [0, 0.1) is 22.7 Å². The van der Waals surface area contributed by atoms with Crippen LogP contribution in [0.25, 0.3) is 0 Å². The highest BCUT2D eigenvalue weighted by Gasteiger charge is 2.59. The average molecular weight is 479 g/mol. The second-order valence-corrected chi connectivity index (χ2v) is 11.8. The molecular formula is C26H38O8. The van der Waals surface area contributed by atoms with Gasteiger partial charge in [-0.15, -0.1) is 0 Å². The van der Waals surface area contributed by atoms with E-state index in [1.807, 2.05) is 6.92 Å². The van der Waals surface area contributed by atoms with E-state index in [0.717, 1.165) is 43.3 Å². The van der Waals surface area contributed by atoms with Crippen LogP contribution in [0.3, 0.4) is 0 Å². The Balaban J connectivity index is 1.36. The van der Waals surface area contributed by atoms with Crippen LogP contribution in [0.5, 0.6) is 0 Å². The van der Waals surface area contributed by atoms with Crippen molar-refractivity contribution in [2.45, 2.75) is 103 Å². The van der Waals surface area contributed by atoms with Crippen molar-refractivity contribution in [1.82, 2.24) is 0 Å². The third-order valence-corrected chi connectivity index (χ3v) is 9.71. The Morgan fingerprint density at radius 3 is 2.56 bits per heavy atom. The smallest absolute Gasteiger partial charge is 0.334 e. The van der Waals surface area contributed by atoms with Gasteiger partial charge in [0.1, 0.15) is 30.5 Å². The van der Waals surface area contributed by atoms with Crippen molar-refractivity contribution in [3.63, 3.8) is 0 Å². The predicted octanol–water partition coefficient (Wildman–Crippen LogP) is 1.60. The summed E-state index contributed by atoms with van der Waals surface area (Å²) in [6.45, 7) is 8.14. The quantitative estimate of drug-likeness (QED) is 0.356. The van der Waals surface area contributed by atoms with Crippen molar-refractivity contribution in [2.24, 2.45) is 22.7 Å². The first kappa shape index (κ1) is 24.4. The van der Waals surface area contributed by atoms with Crippen LogP contribution >= 0.6 is 0 Å². The molecule has 2 saturated carbocycles. The molecule has 2 heterocycles. The maximum Gasteiger partial charge on any atom is 0.334 e. The molecule has 0 amide bonds. The normalized spacial score (nSPS) is 47.9. The molecule has 0 aromatic rings. The number of esters is 1. The number of ether oxygens (including phenoxy) is 3. The second-order valence-electron chi connectivity index (χ2n) is 11.8. The largest absolute Gasteiger partial charge is 0.454 e. The molecule has 8 heteroatoms. The molecule has 8 nitrogen and oxygen atoms in total. The van der Waals surface area contributed by atoms with E-state index in [2.05, 4.69) is 26.8 Å². The minimum atomic E-state index is -1.45. The maximum absolute atomic E-state index is 12.2. The lowest BCUT2D eigenvalue weighted by Gasteiger charge is -2.61. The molecule has 3 fully saturated rings. The highest BCUT2D eigenvalue weighted by Crippen LogP contribution is 2.64. The first-order valence-electron chi connectivity index (χ1n) is 12.6. The number of fused-ring (bicyclic) bond motifs is 4. The Morgan fingerprint density at radius 1 is 1.12 bits per heavy atom. The van der Waals surface area contributed by atoms with Gasteiger partial charge in [-0.2, -0.15) is 0 Å². The minimum absolute atomic E-state index is 0.0251. The van der Waals surface area contributed by atoms with Crippen LogP contribution in [-0.4, -0.2) is 75.9 Å². The third kappa shape index (κ3) is 3.52. The van der Waals surface area contributed by atoms with E-state index in [1.54, 1.807) is 0 Å². The Kier molecular flexibility index (Phi) is 6.02. The molecule has 34 heavy (non-hydrogen) atoms. The topological polar surface area (TPSA) is 126 Å². The molecule has 0 radical (unpaired) electrons. The number of aliphatic hydroxyl groups is 4. The molecule has 190 valence electrons. The van der Waals surface area contributed by atoms with Crippen LogP contribution in [-0.2, 0) is 19.0 Å². The highest BCUT2D eigenvalue weighted by molar-refractivity contribution is 5.92. The number of hydrogen-bond acceptors (Lipinski definition) is 8. The lowest BCUT2D eigenvalue weighted by molar-refractivity contribution is -0.327. The summed E-state index contributed by atoms with van der Waals surface area (Å²) in [6, 6.07) is 0. The Bertz CT molecular complexity index is 906. The van der Waals surface area contributed by atoms with Crippen LogP contribution in [0.2, 0.25) is 0 Å². The Labute approximate surface area is 200 Å². The zero-order valence-corrected chi connectivity index (χ0v) is 20.4. The average Bonchev–Trinajstić information content (AvgIpc) is 3.07. The Morgan fingerprint density at radius 2 is 1.85 bits per heavy atom. The van der Waals surface area contributed by atoms with E-state index in [4.69, 9.17) is 14.2 Å². The van der Waals surface area contributed by atoms with Crippen molar-refractivity contribution < 1.29 is 39.4 Å². The summed E-state index contributed by atoms with van der Waals surface area (Å²) in [4.78, 5) is 12.2. The van der Waals surface area contributed by atoms with Gasteiger partial charge in [-0.25, -0.2) is 4.79 Å². The van der Waals surface area contributed by atoms with Gasteiger partial charge in [0, 0.05) is 11.1 Å². The molecule has 0 unspecified atom stereocenters. The van der Waals surface area contributed by atoms with E-state index < -0.39 is 37.3 Å². The molecule has 4 N–H and O–H groups in total. The highest BCUT2D eigenvalue weighted by atomic mass is 16.7. The van der Waals surface area contributed by atoms with Gasteiger partial charge in [-0.05, 0) is 61.7 Å². The molecule has 1 saturated heterocycles. The summed E-state index contributed by atoms with van der Waals surface area (Å²) in [6.07, 6.45) is -0.00813. The van der Waals surface area contributed by atoms with Gasteiger partial charge >= 0.3 is 5.97 Å². The molecule has 0 spiro atoms. The van der Waals surface area contributed by atoms with Crippen LogP contribution in [0.1, 0.15) is 59.8 Å². The molecule has 0 bridgehead atoms. The zero-order chi connectivity index (χ0) is 24.6. The number of rotatable bonds is 3.